The summed E-state index contributed by atoms with van der Waals surface area (Å²) in [7, 11) is 0. The lowest BCUT2D eigenvalue weighted by Gasteiger charge is -2.12. The van der Waals surface area contributed by atoms with Crippen molar-refractivity contribution >= 4 is 39.8 Å². The van der Waals surface area contributed by atoms with Gasteiger partial charge in [0.05, 0.1) is 16.1 Å². The Kier molecular flexibility index (Phi) is 4.15. The molecular weight excluding hydrogens is 322 g/mol. The fraction of sp³-hybridized carbons (Fsp3) is 0.200. The summed E-state index contributed by atoms with van der Waals surface area (Å²) in [6.45, 7) is 1.48. The number of anilines is 1. The molecule has 5 nitrogen and oxygen atoms in total. The van der Waals surface area contributed by atoms with Crippen LogP contribution >= 0.6 is 22.9 Å². The maximum Gasteiger partial charge on any atom is 0.257 e. The molecule has 7 heteroatoms. The molecule has 0 radical (unpaired) electrons. The number of hydrogen-bond acceptors (Lipinski definition) is 4. The molecule has 0 atom stereocenters. The normalized spacial score (nSPS) is 13.5. The van der Waals surface area contributed by atoms with Crippen LogP contribution in [0, 0.1) is 0 Å². The predicted molar refractivity (Wildman–Crippen MR) is 87.7 cm³/mol. The van der Waals surface area contributed by atoms with Crippen molar-refractivity contribution in [2.75, 3.05) is 11.9 Å². The van der Waals surface area contributed by atoms with E-state index in [2.05, 4.69) is 10.6 Å². The molecule has 1 aliphatic heterocycles. The van der Waals surface area contributed by atoms with Gasteiger partial charge < -0.3 is 16.4 Å². The molecule has 2 aromatic rings. The number of nitrogens with two attached hydrogens (primary N) is 1. The number of hydrogen-bond donors (Lipinski definition) is 3. The quantitative estimate of drug-likeness (QED) is 0.805. The number of benzene rings is 1. The van der Waals surface area contributed by atoms with Gasteiger partial charge in [-0.3, -0.25) is 9.59 Å². The first kappa shape index (κ1) is 15.0. The van der Waals surface area contributed by atoms with Crippen molar-refractivity contribution in [2.24, 2.45) is 5.73 Å². The molecule has 0 saturated heterocycles. The van der Waals surface area contributed by atoms with E-state index >= 15 is 0 Å². The molecular formula is C15H14ClN3O2S. The van der Waals surface area contributed by atoms with Crippen LogP contribution in [-0.2, 0) is 13.0 Å². The highest BCUT2D eigenvalue weighted by molar-refractivity contribution is 7.17. The highest BCUT2D eigenvalue weighted by atomic mass is 35.5. The molecule has 0 spiro atoms. The maximum atomic E-state index is 12.4. The third kappa shape index (κ3) is 2.72. The number of halogens is 1. The van der Waals surface area contributed by atoms with Gasteiger partial charge in [0.25, 0.3) is 11.8 Å². The molecule has 114 valence electrons. The van der Waals surface area contributed by atoms with Crippen LogP contribution in [0.25, 0.3) is 0 Å². The monoisotopic (exact) mass is 335 g/mol. The van der Waals surface area contributed by atoms with Crippen molar-refractivity contribution in [1.29, 1.82) is 0 Å². The molecule has 0 fully saturated rings. The van der Waals surface area contributed by atoms with Crippen LogP contribution < -0.4 is 16.4 Å². The summed E-state index contributed by atoms with van der Waals surface area (Å²) < 4.78 is 0. The summed E-state index contributed by atoms with van der Waals surface area (Å²) in [5, 5.41) is 6.87. The van der Waals surface area contributed by atoms with E-state index in [0.29, 0.717) is 27.7 Å². The van der Waals surface area contributed by atoms with Crippen LogP contribution in [0.5, 0.6) is 0 Å². The zero-order valence-corrected chi connectivity index (χ0v) is 13.2. The second-order valence-electron chi connectivity index (χ2n) is 4.93. The van der Waals surface area contributed by atoms with Crippen LogP contribution in [0.1, 0.15) is 31.2 Å². The molecule has 1 aliphatic rings. The van der Waals surface area contributed by atoms with Gasteiger partial charge in [0.2, 0.25) is 0 Å². The lowest BCUT2D eigenvalue weighted by Crippen LogP contribution is -2.24. The van der Waals surface area contributed by atoms with Crippen LogP contribution in [0.2, 0.25) is 5.02 Å². The summed E-state index contributed by atoms with van der Waals surface area (Å²) in [6, 6.07) is 6.77. The van der Waals surface area contributed by atoms with E-state index < -0.39 is 5.91 Å². The van der Waals surface area contributed by atoms with Crippen LogP contribution in [0.4, 0.5) is 5.00 Å². The summed E-state index contributed by atoms with van der Waals surface area (Å²) in [6.07, 6.45) is 0.728. The first-order chi connectivity index (χ1) is 10.6. The summed E-state index contributed by atoms with van der Waals surface area (Å²) in [5.74, 6) is -0.867. The highest BCUT2D eigenvalue weighted by Crippen LogP contribution is 2.35. The third-order valence-corrected chi connectivity index (χ3v) is 5.00. The molecule has 0 aliphatic carbocycles. The minimum Gasteiger partial charge on any atom is -0.365 e. The third-order valence-electron chi connectivity index (χ3n) is 3.52. The Labute approximate surface area is 136 Å². The minimum absolute atomic E-state index is 0.348. The molecule has 22 heavy (non-hydrogen) atoms. The van der Waals surface area contributed by atoms with Gasteiger partial charge in [-0.15, -0.1) is 11.3 Å². The molecule has 0 bridgehead atoms. The molecule has 2 amide bonds. The summed E-state index contributed by atoms with van der Waals surface area (Å²) in [4.78, 5) is 25.2. The first-order valence-electron chi connectivity index (χ1n) is 6.79. The minimum atomic E-state index is -0.520. The molecule has 0 saturated carbocycles. The standard InChI is InChI=1S/C15H14ClN3O2S/c16-10-4-2-1-3-8(10)14(21)19-15-12(13(17)20)9-5-6-18-7-11(9)22-15/h1-4,18H,5-7H2,(H2,17,20)(H,19,21). The van der Waals surface area contributed by atoms with Gasteiger partial charge >= 0.3 is 0 Å². The number of thiophene rings is 1. The Morgan fingerprint density at radius 2 is 2.09 bits per heavy atom. The van der Waals surface area contributed by atoms with Gasteiger partial charge in [-0.05, 0) is 30.7 Å². The SMILES string of the molecule is NC(=O)c1c(NC(=O)c2ccccc2Cl)sc2c1CCNC2. The highest BCUT2D eigenvalue weighted by Gasteiger charge is 2.25. The number of rotatable bonds is 3. The number of primary amides is 1. The lowest BCUT2D eigenvalue weighted by molar-refractivity contribution is 0.100. The fourth-order valence-electron chi connectivity index (χ4n) is 2.50. The van der Waals surface area contributed by atoms with Crippen molar-refractivity contribution in [3.8, 4) is 0 Å². The molecule has 2 heterocycles. The second kappa shape index (κ2) is 6.08. The smallest absolute Gasteiger partial charge is 0.257 e. The molecule has 1 aromatic heterocycles. The number of carbonyl (C=O) groups is 2. The number of fused-ring (bicyclic) bond motifs is 1. The Hall–Kier alpha value is -1.89. The van der Waals surface area contributed by atoms with Gasteiger partial charge in [-0.1, -0.05) is 23.7 Å². The van der Waals surface area contributed by atoms with E-state index in [1.165, 1.54) is 11.3 Å². The summed E-state index contributed by atoms with van der Waals surface area (Å²) in [5.41, 5.74) is 7.22. The van der Waals surface area contributed by atoms with Crippen molar-refractivity contribution < 1.29 is 9.59 Å². The van der Waals surface area contributed by atoms with Gasteiger partial charge in [-0.25, -0.2) is 0 Å². The lowest BCUT2D eigenvalue weighted by atomic mass is 10.0. The van der Waals surface area contributed by atoms with Gasteiger partial charge in [-0.2, -0.15) is 0 Å². The van der Waals surface area contributed by atoms with Gasteiger partial charge in [0.1, 0.15) is 5.00 Å². The van der Waals surface area contributed by atoms with E-state index in [1.807, 2.05) is 0 Å². The van der Waals surface area contributed by atoms with Crippen LogP contribution in [-0.4, -0.2) is 18.4 Å². The Morgan fingerprint density at radius 3 is 2.82 bits per heavy atom. The molecule has 4 N–H and O–H groups in total. The van der Waals surface area contributed by atoms with Gasteiger partial charge in [0.15, 0.2) is 0 Å². The Morgan fingerprint density at radius 1 is 1.32 bits per heavy atom. The van der Waals surface area contributed by atoms with Crippen molar-refractivity contribution in [2.45, 2.75) is 13.0 Å². The summed E-state index contributed by atoms with van der Waals surface area (Å²) >= 11 is 7.41. The molecule has 1 aromatic carbocycles. The molecule has 0 unspecified atom stereocenters. The zero-order valence-electron chi connectivity index (χ0n) is 11.6. The Balaban J connectivity index is 1.95. The zero-order chi connectivity index (χ0) is 15.7. The Bertz CT molecular complexity index is 757. The fourth-order valence-corrected chi connectivity index (χ4v) is 3.94. The number of amides is 2. The average molecular weight is 336 g/mol. The molecule has 3 rings (SSSR count). The van der Waals surface area contributed by atoms with E-state index in [0.717, 1.165) is 23.4 Å². The predicted octanol–water partition coefficient (Wildman–Crippen LogP) is 2.40. The van der Waals surface area contributed by atoms with Gasteiger partial charge in [0, 0.05) is 11.4 Å². The average Bonchev–Trinajstić information content (AvgIpc) is 2.85. The number of nitrogens with one attached hydrogen (secondary N) is 2. The van der Waals surface area contributed by atoms with Crippen molar-refractivity contribution in [3.05, 3.63) is 50.9 Å². The maximum absolute atomic E-state index is 12.4. The van der Waals surface area contributed by atoms with E-state index in [4.69, 9.17) is 17.3 Å². The van der Waals surface area contributed by atoms with E-state index in [9.17, 15) is 9.59 Å². The second-order valence-corrected chi connectivity index (χ2v) is 6.45. The van der Waals surface area contributed by atoms with E-state index in [-0.39, 0.29) is 5.91 Å². The van der Waals surface area contributed by atoms with Crippen LogP contribution in [0.3, 0.4) is 0 Å². The number of carbonyl (C=O) groups excluding carboxylic acids is 2. The van der Waals surface area contributed by atoms with Crippen molar-refractivity contribution in [3.63, 3.8) is 0 Å². The van der Waals surface area contributed by atoms with Crippen molar-refractivity contribution in [1.82, 2.24) is 5.32 Å². The topological polar surface area (TPSA) is 84.2 Å². The van der Waals surface area contributed by atoms with Crippen LogP contribution in [0.15, 0.2) is 24.3 Å². The largest absolute Gasteiger partial charge is 0.365 e. The van der Waals surface area contributed by atoms with E-state index in [1.54, 1.807) is 24.3 Å². The first-order valence-corrected chi connectivity index (χ1v) is 7.98.